The first-order chi connectivity index (χ1) is 10.3. The first kappa shape index (κ1) is 13.6. The van der Waals surface area contributed by atoms with Gasteiger partial charge in [0.1, 0.15) is 5.75 Å². The van der Waals surface area contributed by atoms with E-state index in [2.05, 4.69) is 11.4 Å². The number of carboxylic acids is 1. The van der Waals surface area contributed by atoms with Crippen LogP contribution >= 0.6 is 0 Å². The largest absolute Gasteiger partial charge is 0.493 e. The second-order valence-electron chi connectivity index (χ2n) is 5.07. The summed E-state index contributed by atoms with van der Waals surface area (Å²) in [5, 5.41) is 12.7. The van der Waals surface area contributed by atoms with E-state index in [1.54, 1.807) is 12.1 Å². The van der Waals surface area contributed by atoms with Crippen molar-refractivity contribution in [3.05, 3.63) is 65.2 Å². The first-order valence-electron chi connectivity index (χ1n) is 7.02. The third kappa shape index (κ3) is 2.90. The standard InChI is InChI=1S/C17H17NO3/c19-17(20)13-6-2-1-5-12(13)11-18-15-9-10-21-16-8-4-3-7-14(15)16/h1-8,15,18H,9-11H2,(H,19,20). The van der Waals surface area contributed by atoms with Crippen LogP contribution in [0, 0.1) is 0 Å². The second-order valence-corrected chi connectivity index (χ2v) is 5.07. The fourth-order valence-corrected chi connectivity index (χ4v) is 2.67. The molecule has 21 heavy (non-hydrogen) atoms. The Morgan fingerprint density at radius 2 is 1.95 bits per heavy atom. The molecule has 2 aromatic rings. The van der Waals surface area contributed by atoms with E-state index in [0.29, 0.717) is 18.7 Å². The van der Waals surface area contributed by atoms with Crippen molar-refractivity contribution in [2.45, 2.75) is 19.0 Å². The number of hydrogen-bond donors (Lipinski definition) is 2. The third-order valence-electron chi connectivity index (χ3n) is 3.75. The number of carboxylic acid groups (broad SMARTS) is 1. The summed E-state index contributed by atoms with van der Waals surface area (Å²) in [4.78, 5) is 11.2. The molecule has 1 aliphatic rings. The van der Waals surface area contributed by atoms with Crippen LogP contribution in [0.3, 0.4) is 0 Å². The quantitative estimate of drug-likeness (QED) is 0.905. The summed E-state index contributed by atoms with van der Waals surface area (Å²) in [6.45, 7) is 1.21. The van der Waals surface area contributed by atoms with Gasteiger partial charge in [-0.3, -0.25) is 0 Å². The maximum absolute atomic E-state index is 11.2. The van der Waals surface area contributed by atoms with E-state index in [4.69, 9.17) is 4.74 Å². The van der Waals surface area contributed by atoms with Gasteiger partial charge in [-0.15, -0.1) is 0 Å². The molecule has 3 rings (SSSR count). The highest BCUT2D eigenvalue weighted by Gasteiger charge is 2.21. The van der Waals surface area contributed by atoms with Crippen LogP contribution in [0.5, 0.6) is 5.75 Å². The molecule has 0 saturated heterocycles. The summed E-state index contributed by atoms with van der Waals surface area (Å²) in [7, 11) is 0. The zero-order chi connectivity index (χ0) is 14.7. The van der Waals surface area contributed by atoms with Gasteiger partial charge in [-0.05, 0) is 17.7 Å². The van der Waals surface area contributed by atoms with E-state index in [1.165, 1.54) is 0 Å². The van der Waals surface area contributed by atoms with E-state index in [9.17, 15) is 9.90 Å². The number of benzene rings is 2. The molecule has 0 amide bonds. The second kappa shape index (κ2) is 5.97. The highest BCUT2D eigenvalue weighted by molar-refractivity contribution is 5.89. The lowest BCUT2D eigenvalue weighted by Gasteiger charge is -2.27. The Bertz CT molecular complexity index is 654. The number of carbonyl (C=O) groups is 1. The number of para-hydroxylation sites is 1. The van der Waals surface area contributed by atoms with Gasteiger partial charge >= 0.3 is 5.97 Å². The summed E-state index contributed by atoms with van der Waals surface area (Å²) in [6, 6.07) is 15.3. The number of fused-ring (bicyclic) bond motifs is 1. The number of nitrogens with one attached hydrogen (secondary N) is 1. The Kier molecular flexibility index (Phi) is 3.88. The molecule has 0 fully saturated rings. The molecule has 1 aliphatic heterocycles. The average Bonchev–Trinajstić information content (AvgIpc) is 2.53. The number of aromatic carboxylic acids is 1. The van der Waals surface area contributed by atoms with E-state index in [-0.39, 0.29) is 6.04 Å². The Labute approximate surface area is 123 Å². The molecule has 0 bridgehead atoms. The molecule has 2 N–H and O–H groups in total. The SMILES string of the molecule is O=C(O)c1ccccc1CNC1CCOc2ccccc21. The third-order valence-corrected chi connectivity index (χ3v) is 3.75. The fourth-order valence-electron chi connectivity index (χ4n) is 2.67. The highest BCUT2D eigenvalue weighted by atomic mass is 16.5. The summed E-state index contributed by atoms with van der Waals surface area (Å²) in [5.74, 6) is 0.0209. The average molecular weight is 283 g/mol. The van der Waals surface area contributed by atoms with Gasteiger partial charge in [-0.2, -0.15) is 0 Å². The maximum atomic E-state index is 11.2. The molecular formula is C17H17NO3. The lowest BCUT2D eigenvalue weighted by atomic mass is 9.99. The minimum atomic E-state index is -0.889. The molecule has 0 spiro atoms. The van der Waals surface area contributed by atoms with Crippen molar-refractivity contribution >= 4 is 5.97 Å². The normalized spacial score (nSPS) is 16.9. The number of hydrogen-bond acceptors (Lipinski definition) is 3. The van der Waals surface area contributed by atoms with Gasteiger partial charge in [0.05, 0.1) is 12.2 Å². The number of rotatable bonds is 4. The molecule has 1 heterocycles. The maximum Gasteiger partial charge on any atom is 0.336 e. The molecule has 108 valence electrons. The monoisotopic (exact) mass is 283 g/mol. The van der Waals surface area contributed by atoms with Crippen LogP contribution in [0.15, 0.2) is 48.5 Å². The van der Waals surface area contributed by atoms with Gasteiger partial charge in [-0.1, -0.05) is 36.4 Å². The smallest absolute Gasteiger partial charge is 0.336 e. The summed E-state index contributed by atoms with van der Waals surface area (Å²) in [5.41, 5.74) is 2.29. The van der Waals surface area contributed by atoms with E-state index >= 15 is 0 Å². The molecule has 0 saturated carbocycles. The van der Waals surface area contributed by atoms with Gasteiger partial charge in [0.15, 0.2) is 0 Å². The summed E-state index contributed by atoms with van der Waals surface area (Å²) >= 11 is 0. The van der Waals surface area contributed by atoms with Crippen molar-refractivity contribution in [3.8, 4) is 5.75 Å². The lowest BCUT2D eigenvalue weighted by Crippen LogP contribution is -2.27. The summed E-state index contributed by atoms with van der Waals surface area (Å²) < 4.78 is 5.63. The zero-order valence-corrected chi connectivity index (χ0v) is 11.6. The van der Waals surface area contributed by atoms with Crippen molar-refractivity contribution in [1.82, 2.24) is 5.32 Å². The molecular weight excluding hydrogens is 266 g/mol. The molecule has 0 aromatic heterocycles. The van der Waals surface area contributed by atoms with Gasteiger partial charge < -0.3 is 15.2 Å². The molecule has 1 atom stereocenters. The Hall–Kier alpha value is -2.33. The molecule has 2 aromatic carbocycles. The van der Waals surface area contributed by atoms with Gasteiger partial charge in [0.2, 0.25) is 0 Å². The fraction of sp³-hybridized carbons (Fsp3) is 0.235. The van der Waals surface area contributed by atoms with Crippen molar-refractivity contribution in [3.63, 3.8) is 0 Å². The zero-order valence-electron chi connectivity index (χ0n) is 11.6. The number of ether oxygens (including phenoxy) is 1. The van der Waals surface area contributed by atoms with Crippen molar-refractivity contribution in [2.75, 3.05) is 6.61 Å². The Morgan fingerprint density at radius 3 is 2.81 bits per heavy atom. The Morgan fingerprint density at radius 1 is 1.19 bits per heavy atom. The molecule has 4 nitrogen and oxygen atoms in total. The van der Waals surface area contributed by atoms with Crippen molar-refractivity contribution in [1.29, 1.82) is 0 Å². The first-order valence-corrected chi connectivity index (χ1v) is 7.02. The van der Waals surface area contributed by atoms with Crippen LogP contribution in [0.2, 0.25) is 0 Å². The predicted molar refractivity (Wildman–Crippen MR) is 79.5 cm³/mol. The lowest BCUT2D eigenvalue weighted by molar-refractivity contribution is 0.0695. The molecule has 4 heteroatoms. The van der Waals surface area contributed by atoms with Crippen LogP contribution in [0.1, 0.15) is 33.9 Å². The minimum absolute atomic E-state index is 0.191. The van der Waals surface area contributed by atoms with Crippen LogP contribution in [-0.4, -0.2) is 17.7 Å². The van der Waals surface area contributed by atoms with E-state index < -0.39 is 5.97 Å². The van der Waals surface area contributed by atoms with Gasteiger partial charge in [0.25, 0.3) is 0 Å². The molecule has 0 aliphatic carbocycles. The van der Waals surface area contributed by atoms with Crippen LogP contribution in [0.4, 0.5) is 0 Å². The Balaban J connectivity index is 1.76. The highest BCUT2D eigenvalue weighted by Crippen LogP contribution is 2.31. The van der Waals surface area contributed by atoms with Crippen molar-refractivity contribution in [2.24, 2.45) is 0 Å². The van der Waals surface area contributed by atoms with Crippen molar-refractivity contribution < 1.29 is 14.6 Å². The van der Waals surface area contributed by atoms with Crippen LogP contribution in [-0.2, 0) is 6.54 Å². The van der Waals surface area contributed by atoms with E-state index in [0.717, 1.165) is 23.3 Å². The molecule has 1 unspecified atom stereocenters. The van der Waals surface area contributed by atoms with Gasteiger partial charge in [-0.25, -0.2) is 4.79 Å². The summed E-state index contributed by atoms with van der Waals surface area (Å²) in [6.07, 6.45) is 0.881. The molecule has 0 radical (unpaired) electrons. The van der Waals surface area contributed by atoms with Crippen LogP contribution in [0.25, 0.3) is 0 Å². The minimum Gasteiger partial charge on any atom is -0.493 e. The van der Waals surface area contributed by atoms with Crippen LogP contribution < -0.4 is 10.1 Å². The predicted octanol–water partition coefficient (Wildman–Crippen LogP) is 3.00. The van der Waals surface area contributed by atoms with E-state index in [1.807, 2.05) is 30.3 Å². The topological polar surface area (TPSA) is 58.6 Å². The van der Waals surface area contributed by atoms with Gasteiger partial charge in [0, 0.05) is 24.6 Å².